The standard InChI is InChI=1S/C11H25BO/c1-8-9-12(7)13-11(5,6)10(2,3)4/h8-9H2,1-7H3. The topological polar surface area (TPSA) is 9.23 Å². The summed E-state index contributed by atoms with van der Waals surface area (Å²) in [5.74, 6) is 0. The molecule has 0 amide bonds. The van der Waals surface area contributed by atoms with Gasteiger partial charge < -0.3 is 4.65 Å². The first-order valence-electron chi connectivity index (χ1n) is 5.38. The molecule has 0 aromatic heterocycles. The van der Waals surface area contributed by atoms with E-state index in [0.717, 1.165) is 6.32 Å². The van der Waals surface area contributed by atoms with Gasteiger partial charge in [-0.1, -0.05) is 40.9 Å². The Morgan fingerprint density at radius 2 is 1.54 bits per heavy atom. The summed E-state index contributed by atoms with van der Waals surface area (Å²) in [5.41, 5.74) is 0.163. The molecule has 0 N–H and O–H groups in total. The van der Waals surface area contributed by atoms with Gasteiger partial charge in [0.15, 0.2) is 0 Å². The van der Waals surface area contributed by atoms with Crippen molar-refractivity contribution in [1.29, 1.82) is 0 Å². The summed E-state index contributed by atoms with van der Waals surface area (Å²) < 4.78 is 6.04. The molecule has 0 radical (unpaired) electrons. The molecule has 1 nitrogen and oxygen atoms in total. The largest absolute Gasteiger partial charge is 0.431 e. The van der Waals surface area contributed by atoms with Crippen molar-refractivity contribution < 1.29 is 4.65 Å². The predicted octanol–water partition coefficient (Wildman–Crippen LogP) is 3.86. The summed E-state index contributed by atoms with van der Waals surface area (Å²) in [6.07, 6.45) is 2.35. The molecule has 0 unspecified atom stereocenters. The monoisotopic (exact) mass is 184 g/mol. The van der Waals surface area contributed by atoms with Gasteiger partial charge in [0.25, 0.3) is 6.92 Å². The van der Waals surface area contributed by atoms with E-state index < -0.39 is 0 Å². The third-order valence-corrected chi connectivity index (χ3v) is 3.00. The maximum atomic E-state index is 6.04. The molecule has 0 aromatic rings. The first-order valence-corrected chi connectivity index (χ1v) is 5.38. The third-order valence-electron chi connectivity index (χ3n) is 3.00. The van der Waals surface area contributed by atoms with Gasteiger partial charge in [0.2, 0.25) is 0 Å². The Morgan fingerprint density at radius 1 is 1.08 bits per heavy atom. The summed E-state index contributed by atoms with van der Waals surface area (Å²) >= 11 is 0. The number of hydrogen-bond donors (Lipinski definition) is 0. The van der Waals surface area contributed by atoms with Gasteiger partial charge in [-0.05, 0) is 25.6 Å². The van der Waals surface area contributed by atoms with Crippen LogP contribution in [-0.2, 0) is 4.65 Å². The molecule has 0 fully saturated rings. The lowest BCUT2D eigenvalue weighted by atomic mass is 9.64. The molecule has 0 aliphatic carbocycles. The van der Waals surface area contributed by atoms with E-state index >= 15 is 0 Å². The molecule has 0 saturated heterocycles. The van der Waals surface area contributed by atoms with Crippen LogP contribution in [0.25, 0.3) is 0 Å². The predicted molar refractivity (Wildman–Crippen MR) is 61.3 cm³/mol. The molecule has 0 atom stereocenters. The molecule has 2 heteroatoms. The highest BCUT2D eigenvalue weighted by atomic mass is 16.5. The number of hydrogen-bond acceptors (Lipinski definition) is 1. The van der Waals surface area contributed by atoms with E-state index in [2.05, 4.69) is 48.4 Å². The molecule has 0 aliphatic heterocycles. The molecule has 0 bridgehead atoms. The molecule has 0 spiro atoms. The van der Waals surface area contributed by atoms with E-state index in [4.69, 9.17) is 4.65 Å². The van der Waals surface area contributed by atoms with Crippen LogP contribution >= 0.6 is 0 Å². The van der Waals surface area contributed by atoms with Gasteiger partial charge in [0.05, 0.1) is 5.60 Å². The van der Waals surface area contributed by atoms with Crippen LogP contribution in [-0.4, -0.2) is 12.5 Å². The lowest BCUT2D eigenvalue weighted by Crippen LogP contribution is -2.43. The van der Waals surface area contributed by atoms with Gasteiger partial charge in [-0.2, -0.15) is 0 Å². The normalized spacial score (nSPS) is 13.2. The SMILES string of the molecule is CCCB(C)OC(C)(C)C(C)(C)C. The van der Waals surface area contributed by atoms with Crippen molar-refractivity contribution >= 4 is 6.92 Å². The molecule has 0 aliphatic rings. The molecule has 0 saturated carbocycles. The Bertz CT molecular complexity index is 147. The van der Waals surface area contributed by atoms with E-state index in [1.54, 1.807) is 0 Å². The van der Waals surface area contributed by atoms with Crippen LogP contribution in [0.15, 0.2) is 0 Å². The molecule has 13 heavy (non-hydrogen) atoms. The zero-order chi connectivity index (χ0) is 10.7. The summed E-state index contributed by atoms with van der Waals surface area (Å²) in [5, 5.41) is 0. The fraction of sp³-hybridized carbons (Fsp3) is 1.00. The molecule has 0 heterocycles. The average Bonchev–Trinajstić information content (AvgIpc) is 1.83. The summed E-state index contributed by atoms with van der Waals surface area (Å²) in [4.78, 5) is 0. The van der Waals surface area contributed by atoms with E-state index in [1.807, 2.05) is 0 Å². The van der Waals surface area contributed by atoms with Crippen LogP contribution in [0, 0.1) is 5.41 Å². The second-order valence-corrected chi connectivity index (χ2v) is 5.48. The van der Waals surface area contributed by atoms with Gasteiger partial charge in [-0.15, -0.1) is 0 Å². The third kappa shape index (κ3) is 4.17. The maximum absolute atomic E-state index is 6.04. The van der Waals surface area contributed by atoms with Gasteiger partial charge in [-0.25, -0.2) is 0 Å². The Labute approximate surface area is 84.4 Å². The van der Waals surface area contributed by atoms with Crippen LogP contribution < -0.4 is 0 Å². The van der Waals surface area contributed by atoms with Gasteiger partial charge in [0, 0.05) is 0 Å². The van der Waals surface area contributed by atoms with Crippen molar-refractivity contribution in [2.75, 3.05) is 0 Å². The quantitative estimate of drug-likeness (QED) is 0.603. The van der Waals surface area contributed by atoms with Crippen molar-refractivity contribution in [3.8, 4) is 0 Å². The molecule has 0 rings (SSSR count). The Hall–Kier alpha value is 0.0249. The Kier molecular flexibility index (Phi) is 4.51. The fourth-order valence-electron chi connectivity index (χ4n) is 1.15. The van der Waals surface area contributed by atoms with Crippen molar-refractivity contribution in [2.45, 2.75) is 66.7 Å². The van der Waals surface area contributed by atoms with E-state index in [9.17, 15) is 0 Å². The molecule has 78 valence electrons. The molecule has 0 aromatic carbocycles. The molecular weight excluding hydrogens is 159 g/mol. The van der Waals surface area contributed by atoms with Crippen molar-refractivity contribution in [2.24, 2.45) is 5.41 Å². The summed E-state index contributed by atoms with van der Waals surface area (Å²) in [6, 6.07) is 0. The van der Waals surface area contributed by atoms with Gasteiger partial charge in [0.1, 0.15) is 0 Å². The van der Waals surface area contributed by atoms with Crippen LogP contribution in [0.3, 0.4) is 0 Å². The zero-order valence-corrected chi connectivity index (χ0v) is 10.4. The minimum absolute atomic E-state index is 0.0401. The highest BCUT2D eigenvalue weighted by Crippen LogP contribution is 2.33. The highest BCUT2D eigenvalue weighted by Gasteiger charge is 2.35. The summed E-state index contributed by atoms with van der Waals surface area (Å²) in [7, 11) is 0. The van der Waals surface area contributed by atoms with E-state index in [0.29, 0.717) is 6.92 Å². The van der Waals surface area contributed by atoms with Crippen LogP contribution in [0.5, 0.6) is 0 Å². The van der Waals surface area contributed by atoms with Crippen molar-refractivity contribution in [1.82, 2.24) is 0 Å². The van der Waals surface area contributed by atoms with Crippen molar-refractivity contribution in [3.05, 3.63) is 0 Å². The first kappa shape index (κ1) is 13.0. The smallest absolute Gasteiger partial charge is 0.290 e. The van der Waals surface area contributed by atoms with E-state index in [-0.39, 0.29) is 11.0 Å². The van der Waals surface area contributed by atoms with Crippen molar-refractivity contribution in [3.63, 3.8) is 0 Å². The second-order valence-electron chi connectivity index (χ2n) is 5.48. The van der Waals surface area contributed by atoms with E-state index in [1.165, 1.54) is 6.42 Å². The highest BCUT2D eigenvalue weighted by molar-refractivity contribution is 6.50. The lowest BCUT2D eigenvalue weighted by molar-refractivity contribution is -0.00195. The fourth-order valence-corrected chi connectivity index (χ4v) is 1.15. The minimum Gasteiger partial charge on any atom is -0.431 e. The van der Waals surface area contributed by atoms with Gasteiger partial charge >= 0.3 is 0 Å². The Balaban J connectivity index is 4.17. The Morgan fingerprint density at radius 3 is 1.85 bits per heavy atom. The lowest BCUT2D eigenvalue weighted by Gasteiger charge is -2.40. The van der Waals surface area contributed by atoms with Crippen LogP contribution in [0.2, 0.25) is 13.1 Å². The van der Waals surface area contributed by atoms with Gasteiger partial charge in [-0.3, -0.25) is 0 Å². The van der Waals surface area contributed by atoms with Crippen LogP contribution in [0.4, 0.5) is 0 Å². The average molecular weight is 184 g/mol. The first-order chi connectivity index (χ1) is 5.70. The summed E-state index contributed by atoms with van der Waals surface area (Å²) in [6.45, 7) is 15.8. The zero-order valence-electron chi connectivity index (χ0n) is 10.4. The maximum Gasteiger partial charge on any atom is 0.290 e. The van der Waals surface area contributed by atoms with Crippen LogP contribution in [0.1, 0.15) is 48.0 Å². The number of rotatable bonds is 4. The minimum atomic E-state index is -0.0401. The molecular formula is C11H25BO. The second kappa shape index (κ2) is 4.50.